The van der Waals surface area contributed by atoms with E-state index in [2.05, 4.69) is 15.9 Å². The minimum Gasteiger partial charge on any atom is -0.385 e. The van der Waals surface area contributed by atoms with Crippen LogP contribution in [0.25, 0.3) is 0 Å². The third kappa shape index (κ3) is 4.10. The fraction of sp³-hybridized carbons (Fsp3) is 0.600. The van der Waals surface area contributed by atoms with Gasteiger partial charge in [0.15, 0.2) is 0 Å². The molecule has 0 aromatic heterocycles. The summed E-state index contributed by atoms with van der Waals surface area (Å²) in [6, 6.07) is 3.88. The van der Waals surface area contributed by atoms with Gasteiger partial charge in [-0.15, -0.1) is 0 Å². The van der Waals surface area contributed by atoms with Gasteiger partial charge in [-0.1, -0.05) is 28.1 Å². The molecule has 174 valence electrons. The van der Waals surface area contributed by atoms with Crippen LogP contribution >= 0.6 is 15.9 Å². The predicted octanol–water partition coefficient (Wildman–Crippen LogP) is 6.79. The maximum Gasteiger partial charge on any atom is 0.460 e. The van der Waals surface area contributed by atoms with Crippen molar-refractivity contribution in [2.24, 2.45) is 0 Å². The summed E-state index contributed by atoms with van der Waals surface area (Å²) in [6.45, 7) is 0.390. The van der Waals surface area contributed by atoms with E-state index in [1.165, 1.54) is 0 Å². The second-order valence-corrected chi connectivity index (χ2v) is 7.37. The van der Waals surface area contributed by atoms with E-state index in [1.807, 2.05) is 0 Å². The number of alkyl halides is 13. The van der Waals surface area contributed by atoms with Gasteiger partial charge in [-0.3, -0.25) is 0 Å². The summed E-state index contributed by atoms with van der Waals surface area (Å²) in [5.74, 6) is -37.4. The van der Waals surface area contributed by atoms with Crippen molar-refractivity contribution in [1.29, 1.82) is 0 Å². The van der Waals surface area contributed by atoms with Crippen molar-refractivity contribution in [1.82, 2.24) is 0 Å². The number of hydrogen-bond donors (Lipinski definition) is 1. The first-order chi connectivity index (χ1) is 13.0. The van der Waals surface area contributed by atoms with E-state index >= 15 is 0 Å². The van der Waals surface area contributed by atoms with Crippen LogP contribution in [0.4, 0.5) is 57.1 Å². The maximum absolute atomic E-state index is 13.9. The van der Waals surface area contributed by atoms with Gasteiger partial charge in [0.1, 0.15) is 0 Å². The first-order valence-electron chi connectivity index (χ1n) is 7.40. The summed E-state index contributed by atoms with van der Waals surface area (Å²) < 4.78 is 171. The quantitative estimate of drug-likeness (QED) is 0.383. The molecule has 1 unspecified atom stereocenters. The Kier molecular flexibility index (Phi) is 6.62. The summed E-state index contributed by atoms with van der Waals surface area (Å²) in [4.78, 5) is 0. The molecule has 0 aliphatic heterocycles. The average molecular weight is 533 g/mol. The van der Waals surface area contributed by atoms with E-state index in [9.17, 15) is 62.2 Å². The Morgan fingerprint density at radius 3 is 1.40 bits per heavy atom. The highest BCUT2D eigenvalue weighted by Crippen LogP contribution is 2.61. The molecule has 1 N–H and O–H groups in total. The predicted molar refractivity (Wildman–Crippen MR) is 79.1 cm³/mol. The fourth-order valence-electron chi connectivity index (χ4n) is 2.26. The smallest absolute Gasteiger partial charge is 0.385 e. The number of aliphatic hydroxyl groups is 1. The molecule has 30 heavy (non-hydrogen) atoms. The van der Waals surface area contributed by atoms with Gasteiger partial charge in [0.25, 0.3) is 0 Å². The van der Waals surface area contributed by atoms with Gasteiger partial charge in [0, 0.05) is 4.47 Å². The van der Waals surface area contributed by atoms with Gasteiger partial charge in [0.05, 0.1) is 12.0 Å². The zero-order valence-corrected chi connectivity index (χ0v) is 15.8. The molecular weight excluding hydrogens is 523 g/mol. The largest absolute Gasteiger partial charge is 0.460 e. The minimum absolute atomic E-state index is 0.291. The summed E-state index contributed by atoms with van der Waals surface area (Å²) in [5.41, 5.74) is -3.71. The molecule has 0 bridgehead atoms. The molecule has 0 amide bonds. The molecule has 15 heteroatoms. The van der Waals surface area contributed by atoms with Gasteiger partial charge in [-0.05, 0) is 24.6 Å². The summed E-state index contributed by atoms with van der Waals surface area (Å²) in [7, 11) is 0. The van der Waals surface area contributed by atoms with Crippen molar-refractivity contribution < 1.29 is 62.2 Å². The molecule has 1 nitrogen and oxygen atoms in total. The Balaban J connectivity index is 3.43. The first kappa shape index (κ1) is 26.8. The van der Waals surface area contributed by atoms with Gasteiger partial charge < -0.3 is 5.11 Å². The van der Waals surface area contributed by atoms with Crippen LogP contribution in [0.15, 0.2) is 28.7 Å². The lowest BCUT2D eigenvalue weighted by Crippen LogP contribution is -2.70. The summed E-state index contributed by atoms with van der Waals surface area (Å²) in [5, 5.41) is 9.94. The third-order valence-electron chi connectivity index (χ3n) is 4.03. The fourth-order valence-corrected chi connectivity index (χ4v) is 2.52. The molecule has 0 aliphatic rings. The normalized spacial score (nSPS) is 17.1. The van der Waals surface area contributed by atoms with Crippen molar-refractivity contribution in [3.8, 4) is 0 Å². The molecule has 1 aromatic carbocycles. The molecule has 0 radical (unpaired) electrons. The zero-order chi connectivity index (χ0) is 24.2. The lowest BCUT2D eigenvalue weighted by Gasteiger charge is -2.41. The number of benzene rings is 1. The van der Waals surface area contributed by atoms with Crippen LogP contribution in [-0.4, -0.2) is 40.9 Å². The van der Waals surface area contributed by atoms with Gasteiger partial charge in [0.2, 0.25) is 0 Å². The molecule has 0 heterocycles. The zero-order valence-electron chi connectivity index (χ0n) is 14.3. The van der Waals surface area contributed by atoms with Crippen LogP contribution in [0.2, 0.25) is 0 Å². The van der Waals surface area contributed by atoms with E-state index in [-0.39, 0.29) is 0 Å². The minimum atomic E-state index is -7.96. The standard InChI is InChI=1S/C15H10BrF13O/c1-9(30,7-2-4-8(16)5-3-7)6-10(17,18)11(19,20)12(21,22)13(23,24)14(25,26)15(27,28)29/h2-5,30H,6H2,1H3. The highest BCUT2D eigenvalue weighted by atomic mass is 79.9. The summed E-state index contributed by atoms with van der Waals surface area (Å²) in [6.07, 6.45) is -10.2. The van der Waals surface area contributed by atoms with Gasteiger partial charge in [-0.2, -0.15) is 57.1 Å². The van der Waals surface area contributed by atoms with Crippen LogP contribution in [0, 0.1) is 0 Å². The van der Waals surface area contributed by atoms with E-state index < -0.39 is 53.4 Å². The van der Waals surface area contributed by atoms with E-state index in [0.29, 0.717) is 11.4 Å². The SMILES string of the molecule is CC(O)(CC(F)(F)C(F)(F)C(F)(F)C(F)(F)C(F)(F)C(F)(F)F)c1ccc(Br)cc1. The maximum atomic E-state index is 13.9. The average Bonchev–Trinajstić information content (AvgIpc) is 2.52. The molecule has 0 fully saturated rings. The molecular formula is C15H10BrF13O. The van der Waals surface area contributed by atoms with Crippen molar-refractivity contribution in [3.05, 3.63) is 34.3 Å². The van der Waals surface area contributed by atoms with Crippen molar-refractivity contribution >= 4 is 15.9 Å². The molecule has 1 aromatic rings. The Morgan fingerprint density at radius 2 is 1.03 bits per heavy atom. The molecule has 0 spiro atoms. The Labute approximate surface area is 168 Å². The topological polar surface area (TPSA) is 20.2 Å². The van der Waals surface area contributed by atoms with Crippen LogP contribution in [0.5, 0.6) is 0 Å². The molecule has 0 aliphatic carbocycles. The van der Waals surface area contributed by atoms with Crippen LogP contribution < -0.4 is 0 Å². The highest BCUT2D eigenvalue weighted by molar-refractivity contribution is 9.10. The van der Waals surface area contributed by atoms with Crippen molar-refractivity contribution in [2.45, 2.75) is 54.7 Å². The van der Waals surface area contributed by atoms with Crippen LogP contribution in [-0.2, 0) is 5.60 Å². The lowest BCUT2D eigenvalue weighted by molar-refractivity contribution is -0.441. The second-order valence-electron chi connectivity index (χ2n) is 6.46. The lowest BCUT2D eigenvalue weighted by atomic mass is 9.84. The van der Waals surface area contributed by atoms with Crippen molar-refractivity contribution in [3.63, 3.8) is 0 Å². The molecule has 1 rings (SSSR count). The van der Waals surface area contributed by atoms with E-state index in [1.54, 1.807) is 0 Å². The van der Waals surface area contributed by atoms with Crippen LogP contribution in [0.1, 0.15) is 18.9 Å². The van der Waals surface area contributed by atoms with E-state index in [0.717, 1.165) is 24.3 Å². The Morgan fingerprint density at radius 1 is 0.667 bits per heavy atom. The highest BCUT2D eigenvalue weighted by Gasteiger charge is 2.90. The van der Waals surface area contributed by atoms with Gasteiger partial charge in [-0.25, -0.2) is 0 Å². The molecule has 0 saturated carbocycles. The summed E-state index contributed by atoms with van der Waals surface area (Å²) >= 11 is 2.89. The molecule has 1 atom stereocenters. The third-order valence-corrected chi connectivity index (χ3v) is 4.56. The van der Waals surface area contributed by atoms with E-state index in [4.69, 9.17) is 0 Å². The second kappa shape index (κ2) is 7.41. The Bertz CT molecular complexity index is 753. The number of halogens is 14. The van der Waals surface area contributed by atoms with Crippen LogP contribution in [0.3, 0.4) is 0 Å². The monoisotopic (exact) mass is 532 g/mol. The van der Waals surface area contributed by atoms with Gasteiger partial charge >= 0.3 is 35.8 Å². The number of hydrogen-bond acceptors (Lipinski definition) is 1. The number of rotatable bonds is 7. The Hall–Kier alpha value is -1.25. The van der Waals surface area contributed by atoms with Crippen molar-refractivity contribution in [2.75, 3.05) is 0 Å². The first-order valence-corrected chi connectivity index (χ1v) is 8.19. The molecule has 0 saturated heterocycles.